The molecule has 0 saturated heterocycles. The fourth-order valence-electron chi connectivity index (χ4n) is 1.48. The number of ether oxygens (including phenoxy) is 2. The molecule has 0 aromatic heterocycles. The maximum atomic E-state index is 11.8. The maximum Gasteiger partial charge on any atom is 0.162 e. The second-order valence-electron chi connectivity index (χ2n) is 5.27. The van der Waals surface area contributed by atoms with Crippen molar-refractivity contribution >= 4 is 17.5 Å². The predicted molar refractivity (Wildman–Crippen MR) is 72.6 cm³/mol. The van der Waals surface area contributed by atoms with Gasteiger partial charge in [0.1, 0.15) is 19.0 Å². The second-order valence-corrected chi connectivity index (χ2v) is 6.32. The topological polar surface area (TPSA) is 35.5 Å². The van der Waals surface area contributed by atoms with E-state index < -0.39 is 0 Å². The van der Waals surface area contributed by atoms with Crippen LogP contribution in [0.2, 0.25) is 0 Å². The van der Waals surface area contributed by atoms with Gasteiger partial charge >= 0.3 is 0 Å². The number of Topliss-reactive ketones (excluding diaryl/α,β-unsaturated/α-hetero) is 1. The Morgan fingerprint density at radius 1 is 1.22 bits per heavy atom. The van der Waals surface area contributed by atoms with Crippen LogP contribution in [0.15, 0.2) is 23.1 Å². The van der Waals surface area contributed by atoms with E-state index in [0.717, 1.165) is 16.4 Å². The van der Waals surface area contributed by atoms with Crippen molar-refractivity contribution in [2.24, 2.45) is 5.41 Å². The molecule has 0 radical (unpaired) electrons. The van der Waals surface area contributed by atoms with E-state index >= 15 is 0 Å². The Labute approximate surface area is 112 Å². The van der Waals surface area contributed by atoms with Crippen LogP contribution in [0.5, 0.6) is 11.5 Å². The minimum absolute atomic E-state index is 0.252. The Morgan fingerprint density at radius 3 is 2.56 bits per heavy atom. The lowest BCUT2D eigenvalue weighted by Gasteiger charge is -2.19. The van der Waals surface area contributed by atoms with Gasteiger partial charge in [0.05, 0.1) is 5.75 Å². The number of ketones is 1. The first-order valence-corrected chi connectivity index (χ1v) is 7.01. The first-order chi connectivity index (χ1) is 8.47. The Hall–Kier alpha value is -1.16. The summed E-state index contributed by atoms with van der Waals surface area (Å²) >= 11 is 1.54. The van der Waals surface area contributed by atoms with Crippen molar-refractivity contribution in [3.8, 4) is 11.5 Å². The molecule has 1 aromatic carbocycles. The van der Waals surface area contributed by atoms with Crippen LogP contribution in [0, 0.1) is 5.41 Å². The van der Waals surface area contributed by atoms with Gasteiger partial charge in [-0.1, -0.05) is 20.8 Å². The minimum atomic E-state index is -0.277. The van der Waals surface area contributed by atoms with Gasteiger partial charge in [-0.15, -0.1) is 11.8 Å². The van der Waals surface area contributed by atoms with Crippen molar-refractivity contribution < 1.29 is 14.3 Å². The molecule has 2 rings (SSSR count). The molecule has 1 heterocycles. The SMILES string of the molecule is CC(C)(C)C(=O)CSc1ccc2c(c1)OCCO2. The zero-order valence-electron chi connectivity index (χ0n) is 11.0. The number of fused-ring (bicyclic) bond motifs is 1. The third-order valence-corrected chi connectivity index (χ3v) is 3.71. The van der Waals surface area contributed by atoms with Crippen LogP contribution in [0.4, 0.5) is 0 Å². The predicted octanol–water partition coefficient (Wildman–Crippen LogP) is 3.17. The molecule has 0 atom stereocenters. The molecule has 3 nitrogen and oxygen atoms in total. The molecular weight excluding hydrogens is 248 g/mol. The highest BCUT2D eigenvalue weighted by Gasteiger charge is 2.21. The summed E-state index contributed by atoms with van der Waals surface area (Å²) in [6, 6.07) is 5.81. The molecule has 0 N–H and O–H groups in total. The first-order valence-electron chi connectivity index (χ1n) is 6.02. The van der Waals surface area contributed by atoms with Crippen molar-refractivity contribution in [2.75, 3.05) is 19.0 Å². The molecule has 0 fully saturated rings. The van der Waals surface area contributed by atoms with Gasteiger partial charge in [0.15, 0.2) is 11.5 Å². The van der Waals surface area contributed by atoms with Gasteiger partial charge in [0, 0.05) is 10.3 Å². The molecule has 1 aliphatic rings. The zero-order valence-corrected chi connectivity index (χ0v) is 11.8. The van der Waals surface area contributed by atoms with Crippen LogP contribution in [-0.2, 0) is 4.79 Å². The van der Waals surface area contributed by atoms with Crippen molar-refractivity contribution in [1.29, 1.82) is 0 Å². The number of hydrogen-bond acceptors (Lipinski definition) is 4. The monoisotopic (exact) mass is 266 g/mol. The van der Waals surface area contributed by atoms with E-state index in [1.807, 2.05) is 39.0 Å². The highest BCUT2D eigenvalue weighted by atomic mass is 32.2. The molecule has 0 unspecified atom stereocenters. The lowest BCUT2D eigenvalue weighted by Crippen LogP contribution is -2.22. The maximum absolute atomic E-state index is 11.8. The van der Waals surface area contributed by atoms with E-state index in [0.29, 0.717) is 19.0 Å². The second kappa shape index (κ2) is 5.22. The van der Waals surface area contributed by atoms with Gasteiger partial charge in [-0.25, -0.2) is 0 Å². The van der Waals surface area contributed by atoms with Crippen molar-refractivity contribution in [3.63, 3.8) is 0 Å². The van der Waals surface area contributed by atoms with Crippen LogP contribution in [-0.4, -0.2) is 24.7 Å². The van der Waals surface area contributed by atoms with E-state index in [4.69, 9.17) is 9.47 Å². The molecule has 0 spiro atoms. The van der Waals surface area contributed by atoms with E-state index in [1.165, 1.54) is 0 Å². The number of rotatable bonds is 3. The van der Waals surface area contributed by atoms with Crippen molar-refractivity contribution in [3.05, 3.63) is 18.2 Å². The lowest BCUT2D eigenvalue weighted by molar-refractivity contribution is -0.123. The molecule has 18 heavy (non-hydrogen) atoms. The van der Waals surface area contributed by atoms with Crippen LogP contribution in [0.25, 0.3) is 0 Å². The Bertz CT molecular complexity index is 449. The van der Waals surface area contributed by atoms with Crippen LogP contribution >= 0.6 is 11.8 Å². The average Bonchev–Trinajstić information content (AvgIpc) is 2.34. The van der Waals surface area contributed by atoms with E-state index in [2.05, 4.69) is 0 Å². The van der Waals surface area contributed by atoms with Crippen LogP contribution in [0.3, 0.4) is 0 Å². The number of thioether (sulfide) groups is 1. The number of carbonyl (C=O) groups excluding carboxylic acids is 1. The lowest BCUT2D eigenvalue weighted by atomic mass is 9.92. The van der Waals surface area contributed by atoms with Gasteiger partial charge in [-0.3, -0.25) is 4.79 Å². The summed E-state index contributed by atoms with van der Waals surface area (Å²) < 4.78 is 11.0. The fourth-order valence-corrected chi connectivity index (χ4v) is 2.56. The van der Waals surface area contributed by atoms with Gasteiger partial charge in [-0.05, 0) is 18.2 Å². The zero-order chi connectivity index (χ0) is 13.2. The quantitative estimate of drug-likeness (QED) is 0.787. The minimum Gasteiger partial charge on any atom is -0.486 e. The summed E-state index contributed by atoms with van der Waals surface area (Å²) in [5.41, 5.74) is -0.277. The molecule has 98 valence electrons. The summed E-state index contributed by atoms with van der Waals surface area (Å²) in [5.74, 6) is 2.30. The van der Waals surface area contributed by atoms with Crippen molar-refractivity contribution in [2.45, 2.75) is 25.7 Å². The molecule has 0 amide bonds. The van der Waals surface area contributed by atoms with Crippen LogP contribution < -0.4 is 9.47 Å². The highest BCUT2D eigenvalue weighted by Crippen LogP contribution is 2.34. The van der Waals surface area contributed by atoms with Crippen molar-refractivity contribution in [1.82, 2.24) is 0 Å². The average molecular weight is 266 g/mol. The number of benzene rings is 1. The smallest absolute Gasteiger partial charge is 0.162 e. The largest absolute Gasteiger partial charge is 0.486 e. The molecule has 0 bridgehead atoms. The molecule has 1 aliphatic heterocycles. The molecule has 1 aromatic rings. The van der Waals surface area contributed by atoms with E-state index in [-0.39, 0.29) is 11.2 Å². The Kier molecular flexibility index (Phi) is 3.85. The van der Waals surface area contributed by atoms with Gasteiger partial charge in [0.2, 0.25) is 0 Å². The fraction of sp³-hybridized carbons (Fsp3) is 0.500. The Balaban J connectivity index is 2.00. The van der Waals surface area contributed by atoms with Gasteiger partial charge in [0.25, 0.3) is 0 Å². The van der Waals surface area contributed by atoms with E-state index in [9.17, 15) is 4.79 Å². The van der Waals surface area contributed by atoms with Gasteiger partial charge < -0.3 is 9.47 Å². The van der Waals surface area contributed by atoms with Gasteiger partial charge in [-0.2, -0.15) is 0 Å². The number of carbonyl (C=O) groups is 1. The highest BCUT2D eigenvalue weighted by molar-refractivity contribution is 8.00. The standard InChI is InChI=1S/C14H18O3S/c1-14(2,3)13(15)9-18-10-4-5-11-12(8-10)17-7-6-16-11/h4-5,8H,6-7,9H2,1-3H3. The van der Waals surface area contributed by atoms with E-state index in [1.54, 1.807) is 11.8 Å². The summed E-state index contributed by atoms with van der Waals surface area (Å²) in [4.78, 5) is 12.9. The first kappa shape index (κ1) is 13.3. The number of hydrogen-bond donors (Lipinski definition) is 0. The third kappa shape index (κ3) is 3.19. The third-order valence-electron chi connectivity index (χ3n) is 2.72. The molecule has 4 heteroatoms. The molecular formula is C14H18O3S. The Morgan fingerprint density at radius 2 is 1.89 bits per heavy atom. The summed E-state index contributed by atoms with van der Waals surface area (Å²) in [7, 11) is 0. The summed E-state index contributed by atoms with van der Waals surface area (Å²) in [5, 5.41) is 0. The van der Waals surface area contributed by atoms with Crippen LogP contribution in [0.1, 0.15) is 20.8 Å². The molecule has 0 saturated carbocycles. The molecule has 0 aliphatic carbocycles. The summed E-state index contributed by atoms with van der Waals surface area (Å²) in [6.45, 7) is 7.02. The normalized spacial score (nSPS) is 14.4. The summed E-state index contributed by atoms with van der Waals surface area (Å²) in [6.07, 6.45) is 0.